The summed E-state index contributed by atoms with van der Waals surface area (Å²) in [6.45, 7) is 8.73. The van der Waals surface area contributed by atoms with Crippen LogP contribution in [0.1, 0.15) is 61.6 Å². The van der Waals surface area contributed by atoms with Gasteiger partial charge < -0.3 is 14.0 Å². The zero-order valence-electron chi connectivity index (χ0n) is 14.7. The van der Waals surface area contributed by atoms with Gasteiger partial charge in [0.25, 0.3) is 5.91 Å². The van der Waals surface area contributed by atoms with E-state index in [0.717, 1.165) is 43.9 Å². The van der Waals surface area contributed by atoms with Gasteiger partial charge in [0.1, 0.15) is 11.6 Å². The summed E-state index contributed by atoms with van der Waals surface area (Å²) in [4.78, 5) is 19.1. The second kappa shape index (κ2) is 7.20. The molecule has 1 amide bonds. The number of piperidine rings is 1. The van der Waals surface area contributed by atoms with Crippen LogP contribution >= 0.6 is 0 Å². The molecule has 1 fully saturated rings. The quantitative estimate of drug-likeness (QED) is 0.845. The molecule has 3 heterocycles. The third-order valence-corrected chi connectivity index (χ3v) is 4.55. The van der Waals surface area contributed by atoms with E-state index in [-0.39, 0.29) is 5.91 Å². The molecule has 0 radical (unpaired) electrons. The highest BCUT2D eigenvalue weighted by atomic mass is 16.5. The summed E-state index contributed by atoms with van der Waals surface area (Å²) in [7, 11) is 0. The Labute approximate surface area is 142 Å². The molecule has 1 saturated heterocycles. The van der Waals surface area contributed by atoms with E-state index in [1.54, 1.807) is 6.07 Å². The van der Waals surface area contributed by atoms with Crippen molar-refractivity contribution >= 4 is 5.91 Å². The fourth-order valence-corrected chi connectivity index (χ4v) is 3.39. The number of likely N-dealkylation sites (tertiary alicyclic amines) is 1. The first kappa shape index (κ1) is 16.7. The second-order valence-corrected chi connectivity index (χ2v) is 6.94. The number of rotatable bonds is 5. The Hall–Kier alpha value is -2.11. The number of hydrogen-bond donors (Lipinski definition) is 0. The Morgan fingerprint density at radius 3 is 3.04 bits per heavy atom. The van der Waals surface area contributed by atoms with Crippen molar-refractivity contribution in [3.05, 3.63) is 35.7 Å². The van der Waals surface area contributed by atoms with Crippen LogP contribution in [-0.4, -0.2) is 38.6 Å². The smallest absolute Gasteiger partial charge is 0.276 e. The average molecular weight is 330 g/mol. The summed E-state index contributed by atoms with van der Waals surface area (Å²) in [5.74, 6) is 2.60. The highest BCUT2D eigenvalue weighted by Crippen LogP contribution is 2.27. The highest BCUT2D eigenvalue weighted by Gasteiger charge is 2.29. The van der Waals surface area contributed by atoms with Gasteiger partial charge in [0.15, 0.2) is 5.69 Å². The van der Waals surface area contributed by atoms with Gasteiger partial charge in [-0.15, -0.1) is 0 Å². The van der Waals surface area contributed by atoms with Crippen LogP contribution in [0.25, 0.3) is 0 Å². The molecule has 6 heteroatoms. The summed E-state index contributed by atoms with van der Waals surface area (Å²) in [5, 5.41) is 3.98. The Morgan fingerprint density at radius 1 is 1.46 bits per heavy atom. The summed E-state index contributed by atoms with van der Waals surface area (Å²) < 4.78 is 7.47. The van der Waals surface area contributed by atoms with Crippen LogP contribution in [0.5, 0.6) is 0 Å². The third kappa shape index (κ3) is 3.52. The lowest BCUT2D eigenvalue weighted by atomic mass is 9.96. The molecule has 0 unspecified atom stereocenters. The van der Waals surface area contributed by atoms with E-state index in [4.69, 9.17) is 4.52 Å². The van der Waals surface area contributed by atoms with E-state index in [0.29, 0.717) is 24.1 Å². The van der Waals surface area contributed by atoms with Gasteiger partial charge in [0.2, 0.25) is 0 Å². The van der Waals surface area contributed by atoms with Gasteiger partial charge in [-0.25, -0.2) is 4.98 Å². The van der Waals surface area contributed by atoms with Crippen molar-refractivity contribution in [1.82, 2.24) is 19.6 Å². The maximum Gasteiger partial charge on any atom is 0.276 e. The fraction of sp³-hybridized carbons (Fsp3) is 0.611. The molecule has 1 aliphatic heterocycles. The van der Waals surface area contributed by atoms with Crippen molar-refractivity contribution < 1.29 is 9.32 Å². The summed E-state index contributed by atoms with van der Waals surface area (Å²) in [6, 6.07) is 1.79. The van der Waals surface area contributed by atoms with E-state index < -0.39 is 0 Å². The maximum absolute atomic E-state index is 12.7. The maximum atomic E-state index is 12.7. The van der Waals surface area contributed by atoms with E-state index in [2.05, 4.69) is 35.5 Å². The number of amides is 1. The van der Waals surface area contributed by atoms with Crippen molar-refractivity contribution in [1.29, 1.82) is 0 Å². The van der Waals surface area contributed by atoms with Crippen LogP contribution < -0.4 is 0 Å². The predicted octanol–water partition coefficient (Wildman–Crippen LogP) is 3.11. The minimum atomic E-state index is -0.0342. The fourth-order valence-electron chi connectivity index (χ4n) is 3.39. The number of aromatic nitrogens is 3. The third-order valence-electron chi connectivity index (χ3n) is 4.55. The van der Waals surface area contributed by atoms with Crippen LogP contribution in [0.15, 0.2) is 23.0 Å². The van der Waals surface area contributed by atoms with Gasteiger partial charge in [0, 0.05) is 50.4 Å². The van der Waals surface area contributed by atoms with Gasteiger partial charge in [-0.05, 0) is 25.7 Å². The molecule has 1 atom stereocenters. The number of aryl methyl sites for hydroxylation is 1. The summed E-state index contributed by atoms with van der Waals surface area (Å²) in [6.07, 6.45) is 6.71. The first-order chi connectivity index (χ1) is 11.6. The molecule has 0 N–H and O–H groups in total. The normalized spacial score (nSPS) is 18.3. The lowest BCUT2D eigenvalue weighted by Gasteiger charge is -2.32. The number of imidazole rings is 1. The van der Waals surface area contributed by atoms with Crippen molar-refractivity contribution in [2.75, 3.05) is 13.1 Å². The van der Waals surface area contributed by atoms with Gasteiger partial charge >= 0.3 is 0 Å². The Balaban J connectivity index is 1.70. The van der Waals surface area contributed by atoms with Crippen molar-refractivity contribution in [3.8, 4) is 0 Å². The van der Waals surface area contributed by atoms with Crippen molar-refractivity contribution in [2.24, 2.45) is 5.92 Å². The number of carbonyl (C=O) groups is 1. The first-order valence-electron chi connectivity index (χ1n) is 8.84. The lowest BCUT2D eigenvalue weighted by molar-refractivity contribution is 0.0693. The molecular weight excluding hydrogens is 304 g/mol. The topological polar surface area (TPSA) is 64.2 Å². The van der Waals surface area contributed by atoms with Crippen LogP contribution in [0.4, 0.5) is 0 Å². The number of hydrogen-bond acceptors (Lipinski definition) is 4. The predicted molar refractivity (Wildman–Crippen MR) is 90.8 cm³/mol. The molecule has 0 aromatic carbocycles. The van der Waals surface area contributed by atoms with E-state index >= 15 is 0 Å². The molecule has 0 spiro atoms. The minimum Gasteiger partial charge on any atom is -0.361 e. The first-order valence-corrected chi connectivity index (χ1v) is 8.84. The monoisotopic (exact) mass is 330 g/mol. The Morgan fingerprint density at radius 2 is 2.29 bits per heavy atom. The van der Waals surface area contributed by atoms with Gasteiger partial charge in [-0.1, -0.05) is 19.0 Å². The zero-order valence-corrected chi connectivity index (χ0v) is 14.7. The van der Waals surface area contributed by atoms with Gasteiger partial charge in [0.05, 0.1) is 0 Å². The number of carbonyl (C=O) groups excluding carboxylic acids is 1. The minimum absolute atomic E-state index is 0.0342. The van der Waals surface area contributed by atoms with Gasteiger partial charge in [-0.2, -0.15) is 0 Å². The van der Waals surface area contributed by atoms with Crippen molar-refractivity contribution in [3.63, 3.8) is 0 Å². The largest absolute Gasteiger partial charge is 0.361 e. The van der Waals surface area contributed by atoms with Crippen LogP contribution in [0.2, 0.25) is 0 Å². The molecule has 2 aromatic rings. The molecule has 130 valence electrons. The van der Waals surface area contributed by atoms with Gasteiger partial charge in [-0.3, -0.25) is 4.79 Å². The number of nitrogens with zero attached hydrogens (tertiary/aromatic N) is 4. The lowest BCUT2D eigenvalue weighted by Crippen LogP contribution is -2.39. The van der Waals surface area contributed by atoms with Crippen LogP contribution in [0, 0.1) is 5.92 Å². The van der Waals surface area contributed by atoms with Crippen molar-refractivity contribution in [2.45, 2.75) is 52.5 Å². The molecule has 0 bridgehead atoms. The summed E-state index contributed by atoms with van der Waals surface area (Å²) in [5.41, 5.74) is 0.421. The van der Waals surface area contributed by atoms with E-state index in [1.807, 2.05) is 17.3 Å². The molecule has 6 nitrogen and oxygen atoms in total. The molecule has 3 rings (SSSR count). The molecule has 1 aliphatic rings. The molecule has 2 aromatic heterocycles. The van der Waals surface area contributed by atoms with E-state index in [9.17, 15) is 4.79 Å². The van der Waals surface area contributed by atoms with Crippen LogP contribution in [-0.2, 0) is 13.0 Å². The van der Waals surface area contributed by atoms with E-state index in [1.165, 1.54) is 0 Å². The SMILES string of the molecule is CCn1ccnc1[C@H]1CCCN(C(=O)c2cc(CC(C)C)on2)C1. The summed E-state index contributed by atoms with van der Waals surface area (Å²) >= 11 is 0. The Bertz CT molecular complexity index is 689. The molecule has 0 aliphatic carbocycles. The Kier molecular flexibility index (Phi) is 5.02. The highest BCUT2D eigenvalue weighted by molar-refractivity contribution is 5.92. The van der Waals surface area contributed by atoms with Crippen LogP contribution in [0.3, 0.4) is 0 Å². The zero-order chi connectivity index (χ0) is 17.1. The molecular formula is C18H26N4O2. The second-order valence-electron chi connectivity index (χ2n) is 6.94. The standard InChI is InChI=1S/C18H26N4O2/c1-4-21-9-7-19-17(21)14-6-5-8-22(12-14)18(23)16-11-15(24-20-16)10-13(2)3/h7,9,11,13-14H,4-6,8,10,12H2,1-3H3/t14-/m0/s1. The molecule has 0 saturated carbocycles. The average Bonchev–Trinajstić information content (AvgIpc) is 3.22. The molecule has 24 heavy (non-hydrogen) atoms.